The number of piperazine rings is 1. The van der Waals surface area contributed by atoms with Crippen molar-refractivity contribution in [2.75, 3.05) is 31.1 Å². The normalized spacial score (nSPS) is 23.3. The first-order chi connectivity index (χ1) is 12.2. The standard InChI is InChI=1S/C20H28FN3O/c21-18-14-16(24-12-10-22-11-13-24)6-7-17(18)20(8-9-20)19(25)23-15-4-2-1-3-5-15/h6-7,14-15,22H,1-5,8-13H2,(H,23,25). The highest BCUT2D eigenvalue weighted by molar-refractivity contribution is 5.91. The van der Waals surface area contributed by atoms with Gasteiger partial charge in [-0.15, -0.1) is 0 Å². The lowest BCUT2D eigenvalue weighted by atomic mass is 9.91. The Hall–Kier alpha value is -1.62. The summed E-state index contributed by atoms with van der Waals surface area (Å²) in [6.45, 7) is 3.65. The van der Waals surface area contributed by atoms with Crippen molar-refractivity contribution in [3.05, 3.63) is 29.6 Å². The van der Waals surface area contributed by atoms with Gasteiger partial charge in [0.05, 0.1) is 5.41 Å². The second-order valence-electron chi connectivity index (χ2n) is 7.79. The topological polar surface area (TPSA) is 44.4 Å². The number of hydrogen-bond donors (Lipinski definition) is 2. The number of hydrogen-bond acceptors (Lipinski definition) is 3. The minimum absolute atomic E-state index is 0.0354. The smallest absolute Gasteiger partial charge is 0.230 e. The predicted octanol–water partition coefficient (Wildman–Crippen LogP) is 2.72. The molecule has 1 heterocycles. The maximum atomic E-state index is 14.9. The van der Waals surface area contributed by atoms with Gasteiger partial charge in [-0.1, -0.05) is 25.3 Å². The molecule has 2 saturated carbocycles. The lowest BCUT2D eigenvalue weighted by Crippen LogP contribution is -2.44. The van der Waals surface area contributed by atoms with Gasteiger partial charge in [-0.3, -0.25) is 4.79 Å². The Morgan fingerprint density at radius 2 is 1.88 bits per heavy atom. The molecule has 0 aromatic heterocycles. The molecule has 1 aliphatic heterocycles. The van der Waals surface area contributed by atoms with Crippen molar-refractivity contribution >= 4 is 11.6 Å². The van der Waals surface area contributed by atoms with Crippen LogP contribution in [0.3, 0.4) is 0 Å². The molecule has 1 aromatic carbocycles. The van der Waals surface area contributed by atoms with E-state index < -0.39 is 5.41 Å². The first kappa shape index (κ1) is 16.8. The Morgan fingerprint density at radius 1 is 1.16 bits per heavy atom. The third kappa shape index (κ3) is 3.39. The summed E-state index contributed by atoms with van der Waals surface area (Å²) in [6.07, 6.45) is 7.28. The molecule has 1 aromatic rings. The fourth-order valence-electron chi connectivity index (χ4n) is 4.33. The molecule has 2 N–H and O–H groups in total. The van der Waals surface area contributed by atoms with E-state index in [0.29, 0.717) is 5.56 Å². The number of benzene rings is 1. The lowest BCUT2D eigenvalue weighted by Gasteiger charge is -2.30. The molecule has 0 radical (unpaired) electrons. The molecule has 3 aliphatic rings. The van der Waals surface area contributed by atoms with E-state index >= 15 is 0 Å². The van der Waals surface area contributed by atoms with Crippen molar-refractivity contribution in [1.82, 2.24) is 10.6 Å². The Labute approximate surface area is 149 Å². The number of nitrogens with one attached hydrogen (secondary N) is 2. The summed E-state index contributed by atoms with van der Waals surface area (Å²) in [5, 5.41) is 6.51. The van der Waals surface area contributed by atoms with Gasteiger partial charge in [0.15, 0.2) is 0 Å². The van der Waals surface area contributed by atoms with Crippen LogP contribution in [0.4, 0.5) is 10.1 Å². The monoisotopic (exact) mass is 345 g/mol. The van der Waals surface area contributed by atoms with E-state index in [-0.39, 0.29) is 17.8 Å². The molecular weight excluding hydrogens is 317 g/mol. The Kier molecular flexibility index (Phi) is 4.67. The van der Waals surface area contributed by atoms with E-state index in [9.17, 15) is 9.18 Å². The summed E-state index contributed by atoms with van der Waals surface area (Å²) in [5.74, 6) is -0.194. The number of halogens is 1. The van der Waals surface area contributed by atoms with Crippen molar-refractivity contribution in [2.45, 2.75) is 56.4 Å². The summed E-state index contributed by atoms with van der Waals surface area (Å²) in [4.78, 5) is 15.0. The largest absolute Gasteiger partial charge is 0.369 e. The highest BCUT2D eigenvalue weighted by Crippen LogP contribution is 2.50. The van der Waals surface area contributed by atoms with Crippen LogP contribution in [0.2, 0.25) is 0 Å². The molecule has 1 saturated heterocycles. The van der Waals surface area contributed by atoms with E-state index in [0.717, 1.165) is 57.5 Å². The second-order valence-corrected chi connectivity index (χ2v) is 7.79. The van der Waals surface area contributed by atoms with Gasteiger partial charge in [0.1, 0.15) is 5.82 Å². The van der Waals surface area contributed by atoms with Gasteiger partial charge in [-0.25, -0.2) is 4.39 Å². The zero-order valence-electron chi connectivity index (χ0n) is 14.8. The summed E-state index contributed by atoms with van der Waals surface area (Å²) in [5.41, 5.74) is 0.884. The van der Waals surface area contributed by atoms with Gasteiger partial charge in [-0.05, 0) is 37.8 Å². The van der Waals surface area contributed by atoms with Crippen LogP contribution in [-0.4, -0.2) is 38.1 Å². The van der Waals surface area contributed by atoms with Gasteiger partial charge in [-0.2, -0.15) is 0 Å². The molecule has 0 bridgehead atoms. The molecule has 1 amide bonds. The molecule has 5 heteroatoms. The minimum Gasteiger partial charge on any atom is -0.369 e. The van der Waals surface area contributed by atoms with Crippen molar-refractivity contribution in [1.29, 1.82) is 0 Å². The van der Waals surface area contributed by atoms with Crippen LogP contribution in [0.1, 0.15) is 50.5 Å². The fourth-order valence-corrected chi connectivity index (χ4v) is 4.33. The van der Waals surface area contributed by atoms with E-state index in [1.807, 2.05) is 12.1 Å². The minimum atomic E-state index is -0.622. The number of carbonyl (C=O) groups is 1. The molecule has 136 valence electrons. The number of carbonyl (C=O) groups excluding carboxylic acids is 1. The van der Waals surface area contributed by atoms with Gasteiger partial charge in [0.25, 0.3) is 0 Å². The van der Waals surface area contributed by atoms with Crippen molar-refractivity contribution in [2.24, 2.45) is 0 Å². The summed E-state index contributed by atoms with van der Waals surface area (Å²) in [6, 6.07) is 5.73. The average molecular weight is 345 g/mol. The predicted molar refractivity (Wildman–Crippen MR) is 97.4 cm³/mol. The van der Waals surface area contributed by atoms with Gasteiger partial charge in [0.2, 0.25) is 5.91 Å². The molecule has 25 heavy (non-hydrogen) atoms. The van der Waals surface area contributed by atoms with E-state index in [4.69, 9.17) is 0 Å². The highest BCUT2D eigenvalue weighted by Gasteiger charge is 2.53. The van der Waals surface area contributed by atoms with Crippen molar-refractivity contribution in [3.63, 3.8) is 0 Å². The molecular formula is C20H28FN3O. The maximum absolute atomic E-state index is 14.9. The summed E-state index contributed by atoms with van der Waals surface area (Å²) in [7, 11) is 0. The van der Waals surface area contributed by atoms with Gasteiger partial charge < -0.3 is 15.5 Å². The van der Waals surface area contributed by atoms with Gasteiger partial charge >= 0.3 is 0 Å². The number of amides is 1. The van der Waals surface area contributed by atoms with Crippen molar-refractivity contribution in [3.8, 4) is 0 Å². The van der Waals surface area contributed by atoms with Crippen LogP contribution in [0.5, 0.6) is 0 Å². The van der Waals surface area contributed by atoms with Crippen LogP contribution in [0.25, 0.3) is 0 Å². The van der Waals surface area contributed by atoms with E-state index in [1.165, 1.54) is 19.3 Å². The number of nitrogens with zero attached hydrogens (tertiary/aromatic N) is 1. The highest BCUT2D eigenvalue weighted by atomic mass is 19.1. The maximum Gasteiger partial charge on any atom is 0.230 e. The summed E-state index contributed by atoms with van der Waals surface area (Å²) < 4.78 is 14.9. The molecule has 4 nitrogen and oxygen atoms in total. The van der Waals surface area contributed by atoms with Crippen LogP contribution in [0, 0.1) is 5.82 Å². The van der Waals surface area contributed by atoms with Crippen LogP contribution >= 0.6 is 0 Å². The zero-order valence-corrected chi connectivity index (χ0v) is 14.8. The Bertz CT molecular complexity index is 632. The Balaban J connectivity index is 1.49. The molecule has 2 aliphatic carbocycles. The first-order valence-electron chi connectivity index (χ1n) is 9.76. The zero-order chi connectivity index (χ0) is 17.3. The second kappa shape index (κ2) is 6.94. The molecule has 0 atom stereocenters. The molecule has 0 unspecified atom stereocenters. The third-order valence-corrected chi connectivity index (χ3v) is 6.08. The third-order valence-electron chi connectivity index (χ3n) is 6.08. The molecule has 3 fully saturated rings. The quantitative estimate of drug-likeness (QED) is 0.882. The SMILES string of the molecule is O=C(NC1CCCCC1)C1(c2ccc(N3CCNCC3)cc2F)CC1. The number of rotatable bonds is 4. The average Bonchev–Trinajstić information content (AvgIpc) is 3.45. The fraction of sp³-hybridized carbons (Fsp3) is 0.650. The summed E-state index contributed by atoms with van der Waals surface area (Å²) >= 11 is 0. The number of anilines is 1. The Morgan fingerprint density at radius 3 is 2.52 bits per heavy atom. The van der Waals surface area contributed by atoms with Crippen molar-refractivity contribution < 1.29 is 9.18 Å². The first-order valence-corrected chi connectivity index (χ1v) is 9.76. The van der Waals surface area contributed by atoms with Crippen LogP contribution < -0.4 is 15.5 Å². The lowest BCUT2D eigenvalue weighted by molar-refractivity contribution is -0.124. The molecule has 0 spiro atoms. The van der Waals surface area contributed by atoms with E-state index in [1.54, 1.807) is 6.07 Å². The molecule has 4 rings (SSSR count). The van der Waals surface area contributed by atoms with Crippen LogP contribution in [-0.2, 0) is 10.2 Å². The van der Waals surface area contributed by atoms with Gasteiger partial charge in [0, 0.05) is 43.5 Å². The van der Waals surface area contributed by atoms with E-state index in [2.05, 4.69) is 15.5 Å². The van der Waals surface area contributed by atoms with Crippen LogP contribution in [0.15, 0.2) is 18.2 Å².